The second kappa shape index (κ2) is 1.92. The molecular formula is C6H6O2S. The first kappa shape index (κ1) is 5.11. The van der Waals surface area contributed by atoms with Crippen molar-refractivity contribution in [1.29, 1.82) is 0 Å². The Morgan fingerprint density at radius 1 is 1.33 bits per heavy atom. The van der Waals surface area contributed by atoms with Crippen LogP contribution in [0.5, 0.6) is 10.8 Å². The fourth-order valence-corrected chi connectivity index (χ4v) is 1.46. The average molecular weight is 142 g/mol. The molecule has 0 spiro atoms. The van der Waals surface area contributed by atoms with Gasteiger partial charge in [0.15, 0.2) is 5.06 Å². The first-order valence-corrected chi connectivity index (χ1v) is 3.67. The van der Waals surface area contributed by atoms with Gasteiger partial charge in [-0.25, -0.2) is 0 Å². The van der Waals surface area contributed by atoms with Gasteiger partial charge in [-0.2, -0.15) is 0 Å². The Morgan fingerprint density at radius 3 is 3.22 bits per heavy atom. The normalized spacial score (nSPS) is 15.6. The lowest BCUT2D eigenvalue weighted by Gasteiger charge is -2.00. The van der Waals surface area contributed by atoms with Crippen molar-refractivity contribution < 1.29 is 9.47 Å². The lowest BCUT2D eigenvalue weighted by Crippen LogP contribution is -2.05. The van der Waals surface area contributed by atoms with E-state index >= 15 is 0 Å². The van der Waals surface area contributed by atoms with Crippen LogP contribution in [0, 0.1) is 0 Å². The molecule has 0 radical (unpaired) electrons. The highest BCUT2D eigenvalue weighted by atomic mass is 32.1. The van der Waals surface area contributed by atoms with Gasteiger partial charge in [0.2, 0.25) is 0 Å². The molecule has 0 amide bonds. The molecule has 1 aliphatic heterocycles. The zero-order chi connectivity index (χ0) is 6.10. The summed E-state index contributed by atoms with van der Waals surface area (Å²) in [6.07, 6.45) is 0. The highest BCUT2D eigenvalue weighted by Gasteiger charge is 2.05. The van der Waals surface area contributed by atoms with Gasteiger partial charge in [0.25, 0.3) is 0 Å². The van der Waals surface area contributed by atoms with Crippen LogP contribution in [0.15, 0.2) is 11.4 Å². The van der Waals surface area contributed by atoms with Crippen LogP contribution in [0.4, 0.5) is 0 Å². The number of thiophene rings is 1. The fourth-order valence-electron chi connectivity index (χ4n) is 0.754. The van der Waals surface area contributed by atoms with Crippen molar-refractivity contribution in [1.82, 2.24) is 0 Å². The lowest BCUT2D eigenvalue weighted by atomic mass is 10.6. The molecule has 1 aromatic heterocycles. The summed E-state index contributed by atoms with van der Waals surface area (Å²) in [4.78, 5) is 0. The molecule has 0 atom stereocenters. The van der Waals surface area contributed by atoms with E-state index < -0.39 is 0 Å². The predicted molar refractivity (Wildman–Crippen MR) is 35.3 cm³/mol. The maximum absolute atomic E-state index is 5.24. The van der Waals surface area contributed by atoms with E-state index in [1.807, 2.05) is 11.4 Å². The van der Waals surface area contributed by atoms with Gasteiger partial charge in [-0.15, -0.1) is 11.3 Å². The maximum atomic E-state index is 5.24. The quantitative estimate of drug-likeness (QED) is 0.546. The van der Waals surface area contributed by atoms with E-state index in [0.29, 0.717) is 13.2 Å². The van der Waals surface area contributed by atoms with E-state index in [1.54, 1.807) is 11.3 Å². The van der Waals surface area contributed by atoms with Gasteiger partial charge >= 0.3 is 0 Å². The van der Waals surface area contributed by atoms with Crippen molar-refractivity contribution in [2.24, 2.45) is 0 Å². The summed E-state index contributed by atoms with van der Waals surface area (Å²) in [5, 5.41) is 2.91. The molecule has 2 bridgehead atoms. The van der Waals surface area contributed by atoms with E-state index in [-0.39, 0.29) is 0 Å². The molecule has 2 rings (SSSR count). The average Bonchev–Trinajstić information content (AvgIpc) is 2.09. The number of hydrogen-bond donors (Lipinski definition) is 0. The van der Waals surface area contributed by atoms with Crippen LogP contribution in [0.2, 0.25) is 0 Å². The maximum Gasteiger partial charge on any atom is 0.177 e. The molecule has 9 heavy (non-hydrogen) atoms. The number of rotatable bonds is 0. The molecule has 1 aromatic rings. The summed E-state index contributed by atoms with van der Waals surface area (Å²) in [7, 11) is 0. The molecule has 0 saturated heterocycles. The third kappa shape index (κ3) is 0.876. The monoisotopic (exact) mass is 142 g/mol. The minimum Gasteiger partial charge on any atom is -0.489 e. The third-order valence-electron chi connectivity index (χ3n) is 1.15. The van der Waals surface area contributed by atoms with Crippen molar-refractivity contribution in [3.8, 4) is 10.8 Å². The molecule has 1 aliphatic rings. The van der Waals surface area contributed by atoms with E-state index in [2.05, 4.69) is 0 Å². The van der Waals surface area contributed by atoms with Crippen molar-refractivity contribution in [2.75, 3.05) is 13.2 Å². The van der Waals surface area contributed by atoms with Crippen LogP contribution in [0.1, 0.15) is 0 Å². The number of fused-ring (bicyclic) bond motifs is 2. The van der Waals surface area contributed by atoms with E-state index in [4.69, 9.17) is 9.47 Å². The van der Waals surface area contributed by atoms with Crippen LogP contribution in [0.25, 0.3) is 0 Å². The summed E-state index contributed by atoms with van der Waals surface area (Å²) in [6, 6.07) is 1.91. The van der Waals surface area contributed by atoms with Crippen molar-refractivity contribution in [3.05, 3.63) is 11.4 Å². The second-order valence-corrected chi connectivity index (χ2v) is 2.67. The van der Waals surface area contributed by atoms with Crippen LogP contribution in [-0.4, -0.2) is 13.2 Å². The topological polar surface area (TPSA) is 18.5 Å². The molecule has 0 unspecified atom stereocenters. The summed E-state index contributed by atoms with van der Waals surface area (Å²) < 4.78 is 10.5. The van der Waals surface area contributed by atoms with Gasteiger partial charge in [0.05, 0.1) is 0 Å². The van der Waals surface area contributed by atoms with Crippen LogP contribution < -0.4 is 9.47 Å². The van der Waals surface area contributed by atoms with Crippen LogP contribution >= 0.6 is 11.3 Å². The van der Waals surface area contributed by atoms with Gasteiger partial charge in [-0.1, -0.05) is 0 Å². The number of hydrogen-bond acceptors (Lipinski definition) is 3. The minimum atomic E-state index is 0.673. The minimum absolute atomic E-state index is 0.673. The first-order chi connectivity index (χ1) is 4.45. The Bertz CT molecular complexity index is 186. The zero-order valence-corrected chi connectivity index (χ0v) is 5.61. The second-order valence-electron chi connectivity index (χ2n) is 1.80. The Morgan fingerprint density at radius 2 is 2.22 bits per heavy atom. The molecule has 2 heterocycles. The molecule has 0 N–H and O–H groups in total. The highest BCUT2D eigenvalue weighted by molar-refractivity contribution is 7.12. The SMILES string of the molecule is c1sc2cc1OCCO2. The van der Waals surface area contributed by atoms with Crippen LogP contribution in [0.3, 0.4) is 0 Å². The molecule has 0 aliphatic carbocycles. The summed E-state index contributed by atoms with van der Waals surface area (Å²) >= 11 is 1.58. The molecule has 0 saturated carbocycles. The van der Waals surface area contributed by atoms with Crippen molar-refractivity contribution in [3.63, 3.8) is 0 Å². The van der Waals surface area contributed by atoms with Crippen molar-refractivity contribution >= 4 is 11.3 Å². The smallest absolute Gasteiger partial charge is 0.177 e. The number of ether oxygens (including phenoxy) is 2. The van der Waals surface area contributed by atoms with E-state index in [9.17, 15) is 0 Å². The zero-order valence-electron chi connectivity index (χ0n) is 4.79. The first-order valence-electron chi connectivity index (χ1n) is 2.79. The van der Waals surface area contributed by atoms with Gasteiger partial charge < -0.3 is 9.47 Å². The molecule has 0 aromatic carbocycles. The molecule has 48 valence electrons. The van der Waals surface area contributed by atoms with Crippen LogP contribution in [-0.2, 0) is 0 Å². The summed E-state index contributed by atoms with van der Waals surface area (Å²) in [6.45, 7) is 1.35. The Labute approximate surface area is 57.0 Å². The molecular weight excluding hydrogens is 136 g/mol. The molecule has 2 nitrogen and oxygen atoms in total. The highest BCUT2D eigenvalue weighted by Crippen LogP contribution is 2.29. The Hall–Kier alpha value is -0.700. The van der Waals surface area contributed by atoms with Gasteiger partial charge in [-0.3, -0.25) is 0 Å². The predicted octanol–water partition coefficient (Wildman–Crippen LogP) is 1.52. The van der Waals surface area contributed by atoms with Gasteiger partial charge in [0.1, 0.15) is 19.0 Å². The van der Waals surface area contributed by atoms with Gasteiger partial charge in [-0.05, 0) is 0 Å². The van der Waals surface area contributed by atoms with Gasteiger partial charge in [0, 0.05) is 11.4 Å². The summed E-state index contributed by atoms with van der Waals surface area (Å²) in [5.41, 5.74) is 0. The standard InChI is InChI=1S/C6H6O2S/c1-2-8-6-3-5(7-1)4-9-6/h3-4H,1-2H2. The summed E-state index contributed by atoms with van der Waals surface area (Å²) in [5.74, 6) is 0.938. The molecule has 0 fully saturated rings. The lowest BCUT2D eigenvalue weighted by molar-refractivity contribution is 0.233. The van der Waals surface area contributed by atoms with E-state index in [0.717, 1.165) is 10.8 Å². The van der Waals surface area contributed by atoms with E-state index in [1.165, 1.54) is 0 Å². The van der Waals surface area contributed by atoms with Crippen molar-refractivity contribution in [2.45, 2.75) is 0 Å². The fraction of sp³-hybridized carbons (Fsp3) is 0.333. The third-order valence-corrected chi connectivity index (χ3v) is 1.97. The Balaban J connectivity index is 2.37. The molecule has 3 heteroatoms. The largest absolute Gasteiger partial charge is 0.489 e. The Kier molecular flexibility index (Phi) is 1.09.